The molecule has 5 nitrogen and oxygen atoms in total. The number of rotatable bonds is 2. The SMILES string of the molecule is CNc1nc(C)nc(N)c1C(=N)Br. The third kappa shape index (κ3) is 1.95. The molecule has 0 aliphatic heterocycles. The minimum Gasteiger partial charge on any atom is -0.383 e. The smallest absolute Gasteiger partial charge is 0.141 e. The molecule has 0 radical (unpaired) electrons. The normalized spacial score (nSPS) is 9.77. The first-order chi connectivity index (χ1) is 6.06. The van der Waals surface area contributed by atoms with Gasteiger partial charge in [0.1, 0.15) is 22.1 Å². The minimum absolute atomic E-state index is 0.175. The lowest BCUT2D eigenvalue weighted by Crippen LogP contribution is -2.09. The summed E-state index contributed by atoms with van der Waals surface area (Å²) in [7, 11) is 1.72. The van der Waals surface area contributed by atoms with E-state index in [9.17, 15) is 0 Å². The molecule has 13 heavy (non-hydrogen) atoms. The van der Waals surface area contributed by atoms with Crippen LogP contribution in [-0.2, 0) is 0 Å². The summed E-state index contributed by atoms with van der Waals surface area (Å²) in [5.74, 6) is 1.45. The topological polar surface area (TPSA) is 87.7 Å². The van der Waals surface area contributed by atoms with Gasteiger partial charge in [0.05, 0.1) is 5.56 Å². The van der Waals surface area contributed by atoms with Gasteiger partial charge in [0.25, 0.3) is 0 Å². The van der Waals surface area contributed by atoms with Crippen LogP contribution in [0.25, 0.3) is 0 Å². The van der Waals surface area contributed by atoms with Crippen molar-refractivity contribution in [1.82, 2.24) is 9.97 Å². The zero-order valence-electron chi connectivity index (χ0n) is 7.35. The van der Waals surface area contributed by atoms with E-state index < -0.39 is 0 Å². The number of hydrogen-bond donors (Lipinski definition) is 3. The summed E-state index contributed by atoms with van der Waals surface area (Å²) in [6.07, 6.45) is 0. The maximum Gasteiger partial charge on any atom is 0.141 e. The molecule has 4 N–H and O–H groups in total. The Bertz CT molecular complexity index is 349. The Morgan fingerprint density at radius 2 is 2.15 bits per heavy atom. The van der Waals surface area contributed by atoms with Crippen LogP contribution in [0.15, 0.2) is 0 Å². The number of hydrogen-bond acceptors (Lipinski definition) is 5. The number of aryl methyl sites for hydroxylation is 1. The molecule has 6 heteroatoms. The molecule has 0 aliphatic rings. The summed E-state index contributed by atoms with van der Waals surface area (Å²) < 4.78 is 0.175. The number of nitrogens with zero attached hydrogens (tertiary/aromatic N) is 2. The fourth-order valence-corrected chi connectivity index (χ4v) is 1.38. The van der Waals surface area contributed by atoms with E-state index in [1.54, 1.807) is 14.0 Å². The highest BCUT2D eigenvalue weighted by molar-refractivity contribution is 9.18. The quantitative estimate of drug-likeness (QED) is 0.680. The van der Waals surface area contributed by atoms with Crippen molar-refractivity contribution in [2.75, 3.05) is 18.1 Å². The van der Waals surface area contributed by atoms with Crippen LogP contribution < -0.4 is 11.1 Å². The van der Waals surface area contributed by atoms with Gasteiger partial charge in [-0.15, -0.1) is 0 Å². The highest BCUT2D eigenvalue weighted by Gasteiger charge is 2.12. The van der Waals surface area contributed by atoms with Crippen molar-refractivity contribution >= 4 is 32.2 Å². The van der Waals surface area contributed by atoms with Crippen LogP contribution in [0.5, 0.6) is 0 Å². The lowest BCUT2D eigenvalue weighted by atomic mass is 10.3. The first-order valence-electron chi connectivity index (χ1n) is 3.62. The fraction of sp³-hybridized carbons (Fsp3) is 0.286. The van der Waals surface area contributed by atoms with Crippen molar-refractivity contribution in [2.24, 2.45) is 0 Å². The molecule has 1 aromatic rings. The third-order valence-corrected chi connectivity index (χ3v) is 1.90. The predicted molar refractivity (Wildman–Crippen MR) is 56.5 cm³/mol. The molecular weight excluding hydrogens is 234 g/mol. The van der Waals surface area contributed by atoms with E-state index in [1.165, 1.54) is 0 Å². The number of halogens is 1. The molecule has 1 aromatic heterocycles. The van der Waals surface area contributed by atoms with Gasteiger partial charge in [-0.25, -0.2) is 9.97 Å². The first-order valence-corrected chi connectivity index (χ1v) is 4.42. The zero-order chi connectivity index (χ0) is 10.0. The average molecular weight is 244 g/mol. The third-order valence-electron chi connectivity index (χ3n) is 1.51. The van der Waals surface area contributed by atoms with Crippen LogP contribution in [0.3, 0.4) is 0 Å². The minimum atomic E-state index is 0.175. The molecule has 70 valence electrons. The van der Waals surface area contributed by atoms with E-state index in [4.69, 9.17) is 11.1 Å². The number of anilines is 2. The molecule has 1 heterocycles. The highest BCUT2D eigenvalue weighted by Crippen LogP contribution is 2.20. The Labute approximate surface area is 84.4 Å². The lowest BCUT2D eigenvalue weighted by Gasteiger charge is -2.08. The van der Waals surface area contributed by atoms with Crippen LogP contribution in [0.4, 0.5) is 11.6 Å². The maximum absolute atomic E-state index is 7.41. The van der Waals surface area contributed by atoms with Gasteiger partial charge in [-0.2, -0.15) is 0 Å². The van der Waals surface area contributed by atoms with Crippen LogP contribution in [0.1, 0.15) is 11.4 Å². The van der Waals surface area contributed by atoms with Crippen molar-refractivity contribution in [2.45, 2.75) is 6.92 Å². The summed E-state index contributed by atoms with van der Waals surface area (Å²) in [5, 5.41) is 10.3. The van der Waals surface area contributed by atoms with Crippen molar-refractivity contribution in [3.8, 4) is 0 Å². The Morgan fingerprint density at radius 3 is 2.62 bits per heavy atom. The summed E-state index contributed by atoms with van der Waals surface area (Å²) in [4.78, 5) is 8.06. The van der Waals surface area contributed by atoms with E-state index in [2.05, 4.69) is 31.2 Å². The van der Waals surface area contributed by atoms with E-state index in [0.717, 1.165) is 0 Å². The molecular formula is C7H10BrN5. The fourth-order valence-electron chi connectivity index (χ4n) is 0.992. The van der Waals surface area contributed by atoms with Crippen LogP contribution >= 0.6 is 15.9 Å². The van der Waals surface area contributed by atoms with Crippen LogP contribution in [0, 0.1) is 12.3 Å². The summed E-state index contributed by atoms with van der Waals surface area (Å²) in [6, 6.07) is 0. The van der Waals surface area contributed by atoms with Gasteiger partial charge in [-0.05, 0) is 22.9 Å². The van der Waals surface area contributed by atoms with E-state index >= 15 is 0 Å². The molecule has 0 aliphatic carbocycles. The summed E-state index contributed by atoms with van der Waals surface area (Å²) >= 11 is 3.03. The van der Waals surface area contributed by atoms with Gasteiger partial charge in [0, 0.05) is 7.05 Å². The number of nitrogens with one attached hydrogen (secondary N) is 2. The second kappa shape index (κ2) is 3.69. The van der Waals surface area contributed by atoms with Crippen molar-refractivity contribution in [1.29, 1.82) is 5.41 Å². The Kier molecular flexibility index (Phi) is 2.82. The number of nitrogens with two attached hydrogens (primary N) is 1. The van der Waals surface area contributed by atoms with Crippen molar-refractivity contribution in [3.05, 3.63) is 11.4 Å². The maximum atomic E-state index is 7.41. The molecule has 0 amide bonds. The zero-order valence-corrected chi connectivity index (χ0v) is 8.94. The van der Waals surface area contributed by atoms with Gasteiger partial charge in [0.15, 0.2) is 0 Å². The molecule has 0 saturated carbocycles. The largest absolute Gasteiger partial charge is 0.383 e. The highest BCUT2D eigenvalue weighted by atomic mass is 79.9. The second-order valence-electron chi connectivity index (χ2n) is 2.44. The first kappa shape index (κ1) is 9.91. The molecule has 0 atom stereocenters. The van der Waals surface area contributed by atoms with E-state index in [1.807, 2.05) is 0 Å². The van der Waals surface area contributed by atoms with Gasteiger partial charge < -0.3 is 11.1 Å². The van der Waals surface area contributed by atoms with Crippen molar-refractivity contribution in [3.63, 3.8) is 0 Å². The number of nitrogen functional groups attached to an aromatic ring is 1. The van der Waals surface area contributed by atoms with Gasteiger partial charge in [-0.3, -0.25) is 5.41 Å². The summed E-state index contributed by atoms with van der Waals surface area (Å²) in [5.41, 5.74) is 6.13. The second-order valence-corrected chi connectivity index (χ2v) is 3.24. The molecule has 0 spiro atoms. The van der Waals surface area contributed by atoms with E-state index in [-0.39, 0.29) is 4.62 Å². The standard InChI is InChI=1S/C7H10BrN5/c1-3-12-6(10)4(5(8)9)7(11-2)13-3/h9H,1-2H3,(H3,10,11,12,13). The number of aromatic nitrogens is 2. The monoisotopic (exact) mass is 243 g/mol. The average Bonchev–Trinajstić information content (AvgIpc) is 2.01. The molecule has 1 rings (SSSR count). The predicted octanol–water partition coefficient (Wildman–Crippen LogP) is 1.13. The molecule has 0 aromatic carbocycles. The molecule has 0 saturated heterocycles. The van der Waals surface area contributed by atoms with Crippen LogP contribution in [0.2, 0.25) is 0 Å². The lowest BCUT2D eigenvalue weighted by molar-refractivity contribution is 1.06. The van der Waals surface area contributed by atoms with Crippen LogP contribution in [-0.4, -0.2) is 21.6 Å². The molecule has 0 unspecified atom stereocenters. The van der Waals surface area contributed by atoms with Gasteiger partial charge in [-0.1, -0.05) is 0 Å². The Morgan fingerprint density at radius 1 is 1.54 bits per heavy atom. The van der Waals surface area contributed by atoms with Gasteiger partial charge in [0.2, 0.25) is 0 Å². The molecule has 0 bridgehead atoms. The Balaban J connectivity index is 3.38. The van der Waals surface area contributed by atoms with Crippen molar-refractivity contribution < 1.29 is 0 Å². The van der Waals surface area contributed by atoms with E-state index in [0.29, 0.717) is 23.0 Å². The van der Waals surface area contributed by atoms with Gasteiger partial charge >= 0.3 is 0 Å². The Hall–Kier alpha value is -1.17. The summed E-state index contributed by atoms with van der Waals surface area (Å²) in [6.45, 7) is 1.75. The molecule has 0 fully saturated rings.